The molecule has 3 N–H and O–H groups in total. The van der Waals surface area contributed by atoms with E-state index in [2.05, 4.69) is 20.3 Å². The van der Waals surface area contributed by atoms with Crippen molar-refractivity contribution in [3.8, 4) is 0 Å². The maximum atomic E-state index is 12.0. The van der Waals surface area contributed by atoms with Gasteiger partial charge in [-0.1, -0.05) is 11.3 Å². The van der Waals surface area contributed by atoms with Gasteiger partial charge in [0.05, 0.1) is 10.2 Å². The lowest BCUT2D eigenvalue weighted by molar-refractivity contribution is 0.102. The van der Waals surface area contributed by atoms with Gasteiger partial charge in [0.25, 0.3) is 5.91 Å². The number of rotatable bonds is 2. The molecule has 0 unspecified atom stereocenters. The molecule has 0 atom stereocenters. The summed E-state index contributed by atoms with van der Waals surface area (Å²) in [5.74, 6) is 0.233. The molecule has 0 aliphatic rings. The smallest absolute Gasteiger partial charge is 0.256 e. The number of carbonyl (C=O) groups is 1. The van der Waals surface area contributed by atoms with Crippen LogP contribution in [0.1, 0.15) is 10.4 Å². The summed E-state index contributed by atoms with van der Waals surface area (Å²) in [6.07, 6.45) is 2.94. The Bertz CT molecular complexity index is 740. The van der Waals surface area contributed by atoms with Crippen molar-refractivity contribution >= 4 is 38.4 Å². The third kappa shape index (κ3) is 2.36. The van der Waals surface area contributed by atoms with Crippen LogP contribution < -0.4 is 11.1 Å². The van der Waals surface area contributed by atoms with Crippen LogP contribution in [-0.4, -0.2) is 20.9 Å². The van der Waals surface area contributed by atoms with Gasteiger partial charge in [-0.05, 0) is 24.3 Å². The first kappa shape index (κ1) is 11.5. The van der Waals surface area contributed by atoms with E-state index >= 15 is 0 Å². The van der Waals surface area contributed by atoms with Gasteiger partial charge in [-0.15, -0.1) is 0 Å². The Kier molecular flexibility index (Phi) is 2.81. The van der Waals surface area contributed by atoms with Crippen molar-refractivity contribution in [2.45, 2.75) is 0 Å². The number of fused-ring (bicyclic) bond motifs is 1. The highest BCUT2D eigenvalue weighted by atomic mass is 32.1. The summed E-state index contributed by atoms with van der Waals surface area (Å²) in [4.78, 5) is 23.9. The zero-order valence-electron chi connectivity index (χ0n) is 9.70. The fraction of sp³-hybridized carbons (Fsp3) is 0. The number of thiazole rings is 1. The molecule has 3 aromatic rings. The molecule has 1 amide bonds. The van der Waals surface area contributed by atoms with Crippen LogP contribution in [0.25, 0.3) is 10.2 Å². The Balaban J connectivity index is 1.89. The normalized spacial score (nSPS) is 10.5. The molecule has 2 aromatic heterocycles. The van der Waals surface area contributed by atoms with E-state index in [1.165, 1.54) is 17.7 Å². The number of amides is 1. The molecule has 2 heterocycles. The molecule has 0 spiro atoms. The van der Waals surface area contributed by atoms with Crippen molar-refractivity contribution in [1.82, 2.24) is 15.0 Å². The molecule has 19 heavy (non-hydrogen) atoms. The molecule has 7 heteroatoms. The largest absolute Gasteiger partial charge is 0.375 e. The monoisotopic (exact) mass is 271 g/mol. The molecule has 0 aliphatic carbocycles. The Morgan fingerprint density at radius 2 is 2.21 bits per heavy atom. The zero-order valence-corrected chi connectivity index (χ0v) is 10.5. The van der Waals surface area contributed by atoms with Crippen LogP contribution in [0.4, 0.5) is 10.9 Å². The van der Waals surface area contributed by atoms with Gasteiger partial charge >= 0.3 is 0 Å². The van der Waals surface area contributed by atoms with E-state index in [4.69, 9.17) is 5.73 Å². The number of benzene rings is 1. The highest BCUT2D eigenvalue weighted by Crippen LogP contribution is 2.24. The van der Waals surface area contributed by atoms with Crippen molar-refractivity contribution in [3.05, 3.63) is 42.4 Å². The number of hydrogen-bond acceptors (Lipinski definition) is 6. The van der Waals surface area contributed by atoms with Crippen molar-refractivity contribution in [2.24, 2.45) is 0 Å². The quantitative estimate of drug-likeness (QED) is 0.742. The first-order valence-corrected chi connectivity index (χ1v) is 6.27. The van der Waals surface area contributed by atoms with E-state index in [1.54, 1.807) is 30.5 Å². The van der Waals surface area contributed by atoms with Gasteiger partial charge in [-0.3, -0.25) is 4.79 Å². The molecule has 0 radical (unpaired) electrons. The van der Waals surface area contributed by atoms with E-state index < -0.39 is 0 Å². The third-order valence-corrected chi connectivity index (χ3v) is 3.34. The van der Waals surface area contributed by atoms with Crippen molar-refractivity contribution in [3.63, 3.8) is 0 Å². The lowest BCUT2D eigenvalue weighted by atomic mass is 10.2. The van der Waals surface area contributed by atoms with Crippen LogP contribution in [0.3, 0.4) is 0 Å². The second-order valence-electron chi connectivity index (χ2n) is 3.78. The third-order valence-electron chi connectivity index (χ3n) is 2.49. The molecule has 6 nitrogen and oxygen atoms in total. The van der Waals surface area contributed by atoms with Crippen LogP contribution in [0.15, 0.2) is 36.8 Å². The average molecular weight is 271 g/mol. The van der Waals surface area contributed by atoms with Crippen LogP contribution in [0, 0.1) is 0 Å². The van der Waals surface area contributed by atoms with Gasteiger partial charge in [0, 0.05) is 11.8 Å². The summed E-state index contributed by atoms with van der Waals surface area (Å²) >= 11 is 1.35. The molecule has 3 rings (SSSR count). The second-order valence-corrected chi connectivity index (χ2v) is 4.85. The minimum atomic E-state index is -0.229. The SMILES string of the molecule is Nc1nc2ccc(C(=O)Nc3ccncn3)cc2s1. The molecule has 0 bridgehead atoms. The van der Waals surface area contributed by atoms with E-state index in [1.807, 2.05) is 0 Å². The lowest BCUT2D eigenvalue weighted by Crippen LogP contribution is -2.12. The van der Waals surface area contributed by atoms with E-state index in [9.17, 15) is 4.79 Å². The van der Waals surface area contributed by atoms with Gasteiger partial charge in [-0.2, -0.15) is 0 Å². The van der Waals surface area contributed by atoms with Crippen molar-refractivity contribution in [1.29, 1.82) is 0 Å². The highest BCUT2D eigenvalue weighted by Gasteiger charge is 2.09. The van der Waals surface area contributed by atoms with E-state index in [0.29, 0.717) is 16.5 Å². The van der Waals surface area contributed by atoms with Gasteiger partial charge in [0.2, 0.25) is 0 Å². The number of anilines is 2. The molecule has 0 saturated carbocycles. The number of hydrogen-bond donors (Lipinski definition) is 2. The number of carbonyl (C=O) groups excluding carboxylic acids is 1. The van der Waals surface area contributed by atoms with Gasteiger partial charge in [0.15, 0.2) is 5.13 Å². The summed E-state index contributed by atoms with van der Waals surface area (Å²) in [6, 6.07) is 6.87. The van der Waals surface area contributed by atoms with Gasteiger partial charge < -0.3 is 11.1 Å². The fourth-order valence-electron chi connectivity index (χ4n) is 1.64. The van der Waals surface area contributed by atoms with Crippen molar-refractivity contribution < 1.29 is 4.79 Å². The molecule has 0 fully saturated rings. The van der Waals surface area contributed by atoms with E-state index in [0.717, 1.165) is 10.2 Å². The maximum Gasteiger partial charge on any atom is 0.256 e. The van der Waals surface area contributed by atoms with Gasteiger partial charge in [-0.25, -0.2) is 15.0 Å². The topological polar surface area (TPSA) is 93.8 Å². The summed E-state index contributed by atoms with van der Waals surface area (Å²) in [7, 11) is 0. The minimum absolute atomic E-state index is 0.229. The maximum absolute atomic E-state index is 12.0. The predicted octanol–water partition coefficient (Wildman–Crippen LogP) is 1.92. The lowest BCUT2D eigenvalue weighted by Gasteiger charge is -2.03. The molecular weight excluding hydrogens is 262 g/mol. The number of nitrogens with two attached hydrogens (primary N) is 1. The Morgan fingerprint density at radius 1 is 1.32 bits per heavy atom. The van der Waals surface area contributed by atoms with E-state index in [-0.39, 0.29) is 5.91 Å². The molecular formula is C12H9N5OS. The molecule has 94 valence electrons. The highest BCUT2D eigenvalue weighted by molar-refractivity contribution is 7.22. The summed E-state index contributed by atoms with van der Waals surface area (Å²) in [5, 5.41) is 3.18. The van der Waals surface area contributed by atoms with Crippen LogP contribution >= 0.6 is 11.3 Å². The van der Waals surface area contributed by atoms with Crippen LogP contribution in [0.2, 0.25) is 0 Å². The number of nitrogens with one attached hydrogen (secondary N) is 1. The predicted molar refractivity (Wildman–Crippen MR) is 74.0 cm³/mol. The Hall–Kier alpha value is -2.54. The first-order valence-electron chi connectivity index (χ1n) is 5.46. The number of nitrogens with zero attached hydrogens (tertiary/aromatic N) is 3. The van der Waals surface area contributed by atoms with Crippen LogP contribution in [-0.2, 0) is 0 Å². The molecule has 1 aromatic carbocycles. The Labute approximate surface area is 112 Å². The standard InChI is InChI=1S/C12H9N5OS/c13-12-16-8-2-1-7(5-9(8)19-12)11(18)17-10-3-4-14-6-15-10/h1-6H,(H2,13,16)(H,14,15,17,18). The summed E-state index contributed by atoms with van der Waals surface area (Å²) in [5.41, 5.74) is 6.96. The zero-order chi connectivity index (χ0) is 13.2. The number of aromatic nitrogens is 3. The Morgan fingerprint density at radius 3 is 3.00 bits per heavy atom. The summed E-state index contributed by atoms with van der Waals surface area (Å²) in [6.45, 7) is 0. The second kappa shape index (κ2) is 4.62. The molecule has 0 aliphatic heterocycles. The first-order chi connectivity index (χ1) is 9.22. The van der Waals surface area contributed by atoms with Crippen molar-refractivity contribution in [2.75, 3.05) is 11.1 Å². The minimum Gasteiger partial charge on any atom is -0.375 e. The summed E-state index contributed by atoms with van der Waals surface area (Å²) < 4.78 is 0.882. The average Bonchev–Trinajstić information content (AvgIpc) is 2.78. The number of nitrogen functional groups attached to an aromatic ring is 1. The fourth-order valence-corrected chi connectivity index (χ4v) is 2.41. The molecule has 0 saturated heterocycles. The van der Waals surface area contributed by atoms with Gasteiger partial charge in [0.1, 0.15) is 12.1 Å². The van der Waals surface area contributed by atoms with Crippen LogP contribution in [0.5, 0.6) is 0 Å².